The number of hydrogen-bond donors (Lipinski definition) is 0. The van der Waals surface area contributed by atoms with Gasteiger partial charge in [0, 0.05) is 20.6 Å². The Labute approximate surface area is 130 Å². The van der Waals surface area contributed by atoms with Gasteiger partial charge in [-0.15, -0.1) is 0 Å². The number of nitrogens with zero attached hydrogens (tertiary/aromatic N) is 3. The Balaban J connectivity index is 1.92. The monoisotopic (exact) mass is 303 g/mol. The van der Waals surface area contributed by atoms with Gasteiger partial charge in [-0.2, -0.15) is 0 Å². The van der Waals surface area contributed by atoms with Crippen LogP contribution in [0.5, 0.6) is 0 Å². The molecule has 0 N–H and O–H groups in total. The van der Waals surface area contributed by atoms with Gasteiger partial charge in [0.2, 0.25) is 0 Å². The fourth-order valence-corrected chi connectivity index (χ4v) is 2.30. The third-order valence-corrected chi connectivity index (χ3v) is 3.39. The highest BCUT2D eigenvalue weighted by atomic mass is 16.6. The average Bonchev–Trinajstić information content (AvgIpc) is 3.01. The Bertz CT molecular complexity index is 543. The van der Waals surface area contributed by atoms with E-state index in [4.69, 9.17) is 4.74 Å². The first-order valence-electron chi connectivity index (χ1n) is 7.29. The number of benzene rings is 1. The van der Waals surface area contributed by atoms with Gasteiger partial charge < -0.3 is 9.64 Å². The molecule has 22 heavy (non-hydrogen) atoms. The maximum absolute atomic E-state index is 12.2. The fourth-order valence-electron chi connectivity index (χ4n) is 2.30. The van der Waals surface area contributed by atoms with Crippen molar-refractivity contribution in [1.29, 1.82) is 0 Å². The molecular weight excluding hydrogens is 282 g/mol. The van der Waals surface area contributed by atoms with E-state index in [0.717, 1.165) is 12.0 Å². The van der Waals surface area contributed by atoms with Crippen LogP contribution in [0.25, 0.3) is 0 Å². The minimum atomic E-state index is -0.514. The van der Waals surface area contributed by atoms with Gasteiger partial charge in [-0.3, -0.25) is 9.69 Å². The Kier molecular flexibility index (Phi) is 5.52. The molecule has 0 aliphatic carbocycles. The molecule has 1 saturated heterocycles. The van der Waals surface area contributed by atoms with E-state index in [1.54, 1.807) is 19.0 Å². The van der Waals surface area contributed by atoms with Crippen LogP contribution in [0.1, 0.15) is 18.4 Å². The minimum absolute atomic E-state index is 0.206. The Morgan fingerprint density at radius 1 is 1.36 bits per heavy atom. The highest BCUT2D eigenvalue weighted by Gasteiger charge is 2.34. The van der Waals surface area contributed by atoms with Crippen molar-refractivity contribution in [2.75, 3.05) is 20.6 Å². The van der Waals surface area contributed by atoms with E-state index >= 15 is 0 Å². The van der Waals surface area contributed by atoms with Crippen LogP contribution >= 0.6 is 0 Å². The Morgan fingerprint density at radius 3 is 2.77 bits per heavy atom. The van der Waals surface area contributed by atoms with Crippen LogP contribution in [0, 0.1) is 0 Å². The SMILES string of the molecule is CN(C)/C=N/C(=O)[C@H]1CCCN1C(=O)OCc1ccccc1. The molecule has 1 aromatic carbocycles. The second kappa shape index (κ2) is 7.59. The lowest BCUT2D eigenvalue weighted by molar-refractivity contribution is -0.121. The quantitative estimate of drug-likeness (QED) is 0.629. The summed E-state index contributed by atoms with van der Waals surface area (Å²) < 4.78 is 5.29. The zero-order valence-corrected chi connectivity index (χ0v) is 12.9. The van der Waals surface area contributed by atoms with Gasteiger partial charge in [-0.05, 0) is 18.4 Å². The number of likely N-dealkylation sites (tertiary alicyclic amines) is 1. The van der Waals surface area contributed by atoms with E-state index in [0.29, 0.717) is 13.0 Å². The fraction of sp³-hybridized carbons (Fsp3) is 0.438. The smallest absolute Gasteiger partial charge is 0.410 e. The standard InChI is InChI=1S/C16H21N3O3/c1-18(2)12-17-15(20)14-9-6-10-19(14)16(21)22-11-13-7-4-3-5-8-13/h3-5,7-8,12,14H,6,9-11H2,1-2H3/b17-12+/t14-/m1/s1. The first kappa shape index (κ1) is 16.0. The molecule has 2 amide bonds. The molecule has 0 spiro atoms. The highest BCUT2D eigenvalue weighted by molar-refractivity contribution is 5.91. The highest BCUT2D eigenvalue weighted by Crippen LogP contribution is 2.20. The van der Waals surface area contributed by atoms with Crippen molar-refractivity contribution >= 4 is 18.3 Å². The molecule has 0 aromatic heterocycles. The summed E-state index contributed by atoms with van der Waals surface area (Å²) in [5.74, 6) is -0.303. The first-order chi connectivity index (χ1) is 10.6. The topological polar surface area (TPSA) is 62.2 Å². The van der Waals surface area contributed by atoms with Crippen LogP contribution < -0.4 is 0 Å². The van der Waals surface area contributed by atoms with Gasteiger partial charge in [-0.1, -0.05) is 30.3 Å². The second-order valence-corrected chi connectivity index (χ2v) is 5.44. The Hall–Kier alpha value is -2.37. The number of carbonyl (C=O) groups excluding carboxylic acids is 2. The molecule has 1 aliphatic rings. The summed E-state index contributed by atoms with van der Waals surface area (Å²) in [6.07, 6.45) is 2.41. The van der Waals surface area contributed by atoms with Gasteiger partial charge in [-0.25, -0.2) is 9.79 Å². The van der Waals surface area contributed by atoms with Crippen molar-refractivity contribution in [3.63, 3.8) is 0 Å². The lowest BCUT2D eigenvalue weighted by atomic mass is 10.2. The lowest BCUT2D eigenvalue weighted by Gasteiger charge is -2.21. The van der Waals surface area contributed by atoms with Crippen LogP contribution in [-0.4, -0.2) is 54.8 Å². The van der Waals surface area contributed by atoms with Crippen LogP contribution in [-0.2, 0) is 16.1 Å². The minimum Gasteiger partial charge on any atom is -0.445 e. The lowest BCUT2D eigenvalue weighted by Crippen LogP contribution is -2.40. The van der Waals surface area contributed by atoms with Gasteiger partial charge in [0.25, 0.3) is 5.91 Å². The number of carbonyl (C=O) groups is 2. The number of aliphatic imine (C=N–C) groups is 1. The maximum atomic E-state index is 12.2. The summed E-state index contributed by atoms with van der Waals surface area (Å²) in [7, 11) is 3.58. The van der Waals surface area contributed by atoms with E-state index in [2.05, 4.69) is 4.99 Å². The van der Waals surface area contributed by atoms with Gasteiger partial charge in [0.1, 0.15) is 12.6 Å². The molecule has 6 nitrogen and oxygen atoms in total. The van der Waals surface area contributed by atoms with Crippen molar-refractivity contribution in [1.82, 2.24) is 9.80 Å². The average molecular weight is 303 g/mol. The van der Waals surface area contributed by atoms with Crippen LogP contribution in [0.2, 0.25) is 0 Å². The molecule has 6 heteroatoms. The number of amides is 2. The summed E-state index contributed by atoms with van der Waals surface area (Å²) in [5.41, 5.74) is 0.920. The van der Waals surface area contributed by atoms with Crippen LogP contribution in [0.4, 0.5) is 4.79 Å². The maximum Gasteiger partial charge on any atom is 0.410 e. The molecule has 1 aromatic rings. The third kappa shape index (κ3) is 4.31. The van der Waals surface area contributed by atoms with E-state index in [1.807, 2.05) is 30.3 Å². The third-order valence-electron chi connectivity index (χ3n) is 3.39. The van der Waals surface area contributed by atoms with Crippen molar-refractivity contribution in [2.45, 2.75) is 25.5 Å². The van der Waals surface area contributed by atoms with Gasteiger partial charge in [0.05, 0.1) is 6.34 Å². The van der Waals surface area contributed by atoms with Crippen molar-refractivity contribution in [2.24, 2.45) is 4.99 Å². The zero-order valence-electron chi connectivity index (χ0n) is 12.9. The second-order valence-electron chi connectivity index (χ2n) is 5.44. The molecule has 0 unspecified atom stereocenters. The summed E-state index contributed by atoms with van der Waals surface area (Å²) in [5, 5.41) is 0. The molecule has 2 rings (SSSR count). The number of ether oxygens (including phenoxy) is 1. The molecule has 1 aliphatic heterocycles. The number of rotatable bonds is 4. The summed E-state index contributed by atoms with van der Waals surface area (Å²) in [6.45, 7) is 0.736. The molecular formula is C16H21N3O3. The molecule has 1 atom stereocenters. The molecule has 0 saturated carbocycles. The molecule has 1 heterocycles. The van der Waals surface area contributed by atoms with E-state index in [-0.39, 0.29) is 12.5 Å². The molecule has 118 valence electrons. The predicted molar refractivity (Wildman–Crippen MR) is 83.5 cm³/mol. The van der Waals surface area contributed by atoms with E-state index < -0.39 is 12.1 Å². The van der Waals surface area contributed by atoms with E-state index in [9.17, 15) is 9.59 Å². The normalized spacial score (nSPS) is 17.7. The summed E-state index contributed by atoms with van der Waals surface area (Å²) >= 11 is 0. The van der Waals surface area contributed by atoms with Gasteiger partial charge in [0.15, 0.2) is 0 Å². The predicted octanol–water partition coefficient (Wildman–Crippen LogP) is 1.90. The zero-order chi connectivity index (χ0) is 15.9. The van der Waals surface area contributed by atoms with Crippen molar-refractivity contribution in [3.8, 4) is 0 Å². The van der Waals surface area contributed by atoms with E-state index in [1.165, 1.54) is 11.2 Å². The van der Waals surface area contributed by atoms with Crippen LogP contribution in [0.15, 0.2) is 35.3 Å². The van der Waals surface area contributed by atoms with Crippen LogP contribution in [0.3, 0.4) is 0 Å². The largest absolute Gasteiger partial charge is 0.445 e. The summed E-state index contributed by atoms with van der Waals surface area (Å²) in [6, 6.07) is 8.95. The molecule has 0 radical (unpaired) electrons. The summed E-state index contributed by atoms with van der Waals surface area (Å²) in [4.78, 5) is 31.3. The molecule has 1 fully saturated rings. The van der Waals surface area contributed by atoms with Gasteiger partial charge >= 0.3 is 6.09 Å². The number of hydrogen-bond acceptors (Lipinski definition) is 3. The Morgan fingerprint density at radius 2 is 2.09 bits per heavy atom. The van der Waals surface area contributed by atoms with Crippen molar-refractivity contribution < 1.29 is 14.3 Å². The molecule has 0 bridgehead atoms. The first-order valence-corrected chi connectivity index (χ1v) is 7.29. The van der Waals surface area contributed by atoms with Crippen molar-refractivity contribution in [3.05, 3.63) is 35.9 Å².